The summed E-state index contributed by atoms with van der Waals surface area (Å²) in [4.78, 5) is 18.7. The summed E-state index contributed by atoms with van der Waals surface area (Å²) < 4.78 is 0. The molecule has 0 saturated heterocycles. The fourth-order valence-electron chi connectivity index (χ4n) is 2.65. The normalized spacial score (nSPS) is 13.5. The maximum Gasteiger partial charge on any atom is 0.248 e. The number of guanidine groups is 1. The number of carbonyl (C=O) groups is 1. The number of nitrogens with zero attached hydrogens (tertiary/aromatic N) is 2. The average Bonchev–Trinajstić information content (AvgIpc) is 2.96. The Morgan fingerprint density at radius 1 is 1.29 bits per heavy atom. The van der Waals surface area contributed by atoms with Gasteiger partial charge in [-0.05, 0) is 37.3 Å². The van der Waals surface area contributed by atoms with Crippen molar-refractivity contribution < 1.29 is 4.79 Å². The lowest BCUT2D eigenvalue weighted by Crippen LogP contribution is -2.39. The summed E-state index contributed by atoms with van der Waals surface area (Å²) in [5.74, 6) is 1.41. The van der Waals surface area contributed by atoms with Gasteiger partial charge in [-0.1, -0.05) is 32.0 Å². The van der Waals surface area contributed by atoms with Gasteiger partial charge in [0.05, 0.1) is 0 Å². The molecule has 0 aromatic heterocycles. The second kappa shape index (κ2) is 10.5. The Labute approximate surface area is 162 Å². The van der Waals surface area contributed by atoms with Crippen LogP contribution in [0.25, 0.3) is 0 Å². The van der Waals surface area contributed by atoms with Crippen LogP contribution in [0.4, 0.5) is 5.69 Å². The molecule has 24 heavy (non-hydrogen) atoms. The predicted molar refractivity (Wildman–Crippen MR) is 111 cm³/mol. The van der Waals surface area contributed by atoms with E-state index in [-0.39, 0.29) is 36.4 Å². The van der Waals surface area contributed by atoms with Crippen LogP contribution in [0.1, 0.15) is 32.8 Å². The summed E-state index contributed by atoms with van der Waals surface area (Å²) in [5.41, 5.74) is 2.28. The van der Waals surface area contributed by atoms with E-state index in [1.165, 1.54) is 5.56 Å². The molecule has 6 heteroatoms. The zero-order valence-corrected chi connectivity index (χ0v) is 17.2. The molecule has 1 aromatic carbocycles. The molecule has 1 aromatic rings. The van der Waals surface area contributed by atoms with Crippen LogP contribution in [0.3, 0.4) is 0 Å². The van der Waals surface area contributed by atoms with Crippen molar-refractivity contribution in [1.82, 2.24) is 10.6 Å². The van der Waals surface area contributed by atoms with E-state index in [0.29, 0.717) is 11.9 Å². The maximum absolute atomic E-state index is 12.5. The van der Waals surface area contributed by atoms with E-state index in [9.17, 15) is 4.79 Å². The first-order valence-corrected chi connectivity index (χ1v) is 8.52. The SMILES string of the molecule is CCNC(=NCC(=O)N1CCc2ccccc21)NCCC(C)C.I. The smallest absolute Gasteiger partial charge is 0.248 e. The van der Waals surface area contributed by atoms with Crippen molar-refractivity contribution in [1.29, 1.82) is 0 Å². The molecule has 1 heterocycles. The van der Waals surface area contributed by atoms with Crippen LogP contribution in [0, 0.1) is 5.92 Å². The lowest BCUT2D eigenvalue weighted by molar-refractivity contribution is -0.117. The summed E-state index contributed by atoms with van der Waals surface area (Å²) in [6.45, 7) is 8.99. The van der Waals surface area contributed by atoms with Crippen molar-refractivity contribution >= 4 is 41.5 Å². The number of aliphatic imine (C=N–C) groups is 1. The quantitative estimate of drug-likeness (QED) is 0.403. The summed E-state index contributed by atoms with van der Waals surface area (Å²) in [7, 11) is 0. The topological polar surface area (TPSA) is 56.7 Å². The van der Waals surface area contributed by atoms with Gasteiger partial charge in [-0.25, -0.2) is 4.99 Å². The van der Waals surface area contributed by atoms with E-state index in [2.05, 4.69) is 35.5 Å². The highest BCUT2D eigenvalue weighted by molar-refractivity contribution is 14.0. The standard InChI is InChI=1S/C18H28N4O.HI/c1-4-19-18(20-11-9-14(2)3)21-13-17(23)22-12-10-15-7-5-6-8-16(15)22;/h5-8,14H,4,9-13H2,1-3H3,(H2,19,20,21);1H. The molecule has 0 unspecified atom stereocenters. The number of carbonyl (C=O) groups excluding carboxylic acids is 1. The molecule has 0 bridgehead atoms. The van der Waals surface area contributed by atoms with Gasteiger partial charge in [0, 0.05) is 25.3 Å². The van der Waals surface area contributed by atoms with Crippen LogP contribution >= 0.6 is 24.0 Å². The molecule has 1 amide bonds. The highest BCUT2D eigenvalue weighted by atomic mass is 127. The molecule has 2 rings (SSSR count). The van der Waals surface area contributed by atoms with Crippen molar-refractivity contribution in [2.75, 3.05) is 31.1 Å². The first-order chi connectivity index (χ1) is 11.1. The molecular formula is C18H29IN4O. The molecule has 2 N–H and O–H groups in total. The molecular weight excluding hydrogens is 415 g/mol. The number of nitrogens with one attached hydrogen (secondary N) is 2. The van der Waals surface area contributed by atoms with Crippen LogP contribution in [0.5, 0.6) is 0 Å². The molecule has 0 spiro atoms. The van der Waals surface area contributed by atoms with Gasteiger partial charge in [-0.3, -0.25) is 4.79 Å². The van der Waals surface area contributed by atoms with E-state index in [1.807, 2.05) is 30.0 Å². The van der Waals surface area contributed by atoms with Gasteiger partial charge >= 0.3 is 0 Å². The zero-order chi connectivity index (χ0) is 16.7. The number of benzene rings is 1. The van der Waals surface area contributed by atoms with Gasteiger partial charge < -0.3 is 15.5 Å². The van der Waals surface area contributed by atoms with Crippen LogP contribution in [0.15, 0.2) is 29.3 Å². The van der Waals surface area contributed by atoms with Crippen LogP contribution in [0.2, 0.25) is 0 Å². The lowest BCUT2D eigenvalue weighted by Gasteiger charge is -2.17. The number of para-hydroxylation sites is 1. The van der Waals surface area contributed by atoms with Crippen molar-refractivity contribution in [3.8, 4) is 0 Å². The minimum absolute atomic E-state index is 0. The summed E-state index contributed by atoms with van der Waals surface area (Å²) >= 11 is 0. The molecule has 0 atom stereocenters. The van der Waals surface area contributed by atoms with Crippen LogP contribution in [-0.2, 0) is 11.2 Å². The number of amides is 1. The Hall–Kier alpha value is -1.31. The number of hydrogen-bond acceptors (Lipinski definition) is 2. The Kier molecular flexibility index (Phi) is 9.10. The maximum atomic E-state index is 12.5. The van der Waals surface area contributed by atoms with Gasteiger partial charge in [0.2, 0.25) is 5.91 Å². The number of rotatable bonds is 6. The zero-order valence-electron chi connectivity index (χ0n) is 14.8. The highest BCUT2D eigenvalue weighted by Gasteiger charge is 2.23. The molecule has 1 aliphatic rings. The first kappa shape index (κ1) is 20.7. The second-order valence-corrected chi connectivity index (χ2v) is 6.23. The van der Waals surface area contributed by atoms with E-state index in [0.717, 1.165) is 38.2 Å². The molecule has 1 aliphatic heterocycles. The van der Waals surface area contributed by atoms with E-state index >= 15 is 0 Å². The third-order valence-electron chi connectivity index (χ3n) is 3.92. The average molecular weight is 444 g/mol. The molecule has 134 valence electrons. The number of hydrogen-bond donors (Lipinski definition) is 2. The van der Waals surface area contributed by atoms with Gasteiger partial charge in [0.25, 0.3) is 0 Å². The Balaban J connectivity index is 0.00000288. The van der Waals surface area contributed by atoms with Crippen molar-refractivity contribution in [3.05, 3.63) is 29.8 Å². The fourth-order valence-corrected chi connectivity index (χ4v) is 2.65. The summed E-state index contributed by atoms with van der Waals surface area (Å²) in [6, 6.07) is 8.09. The third kappa shape index (κ3) is 5.96. The van der Waals surface area contributed by atoms with Gasteiger partial charge in [-0.2, -0.15) is 0 Å². The van der Waals surface area contributed by atoms with E-state index in [4.69, 9.17) is 0 Å². The Bertz CT molecular complexity index is 560. The molecule has 0 aliphatic carbocycles. The molecule has 0 saturated carbocycles. The monoisotopic (exact) mass is 444 g/mol. The van der Waals surface area contributed by atoms with Gasteiger partial charge in [0.1, 0.15) is 6.54 Å². The summed E-state index contributed by atoms with van der Waals surface area (Å²) in [6.07, 6.45) is 2.01. The summed E-state index contributed by atoms with van der Waals surface area (Å²) in [5, 5.41) is 6.47. The second-order valence-electron chi connectivity index (χ2n) is 6.23. The van der Waals surface area contributed by atoms with Crippen molar-refractivity contribution in [2.45, 2.75) is 33.6 Å². The van der Waals surface area contributed by atoms with E-state index in [1.54, 1.807) is 0 Å². The Morgan fingerprint density at radius 3 is 2.75 bits per heavy atom. The largest absolute Gasteiger partial charge is 0.357 e. The predicted octanol–water partition coefficient (Wildman–Crippen LogP) is 2.79. The van der Waals surface area contributed by atoms with Crippen LogP contribution < -0.4 is 15.5 Å². The van der Waals surface area contributed by atoms with Crippen LogP contribution in [-0.4, -0.2) is 38.0 Å². The number of anilines is 1. The molecule has 5 nitrogen and oxygen atoms in total. The molecule has 0 radical (unpaired) electrons. The number of fused-ring (bicyclic) bond motifs is 1. The third-order valence-corrected chi connectivity index (χ3v) is 3.92. The fraction of sp³-hybridized carbons (Fsp3) is 0.556. The van der Waals surface area contributed by atoms with Gasteiger partial charge in [-0.15, -0.1) is 24.0 Å². The number of halogens is 1. The van der Waals surface area contributed by atoms with Gasteiger partial charge in [0.15, 0.2) is 5.96 Å². The lowest BCUT2D eigenvalue weighted by atomic mass is 10.1. The minimum atomic E-state index is 0. The Morgan fingerprint density at radius 2 is 2.04 bits per heavy atom. The highest BCUT2D eigenvalue weighted by Crippen LogP contribution is 2.27. The van der Waals surface area contributed by atoms with Crippen molar-refractivity contribution in [3.63, 3.8) is 0 Å². The van der Waals surface area contributed by atoms with Crippen molar-refractivity contribution in [2.24, 2.45) is 10.9 Å². The van der Waals surface area contributed by atoms with E-state index < -0.39 is 0 Å². The molecule has 0 fully saturated rings. The minimum Gasteiger partial charge on any atom is -0.357 e. The first-order valence-electron chi connectivity index (χ1n) is 8.52.